The van der Waals surface area contributed by atoms with Crippen molar-refractivity contribution in [1.82, 2.24) is 4.98 Å². The highest BCUT2D eigenvalue weighted by molar-refractivity contribution is 9.11. The largest absolute Gasteiger partial charge is 0.226 e. The molecule has 0 spiro atoms. The van der Waals surface area contributed by atoms with Crippen LogP contribution in [-0.4, -0.2) is 4.98 Å². The molecule has 1 rings (SSSR count). The molecule has 7 heavy (non-hydrogen) atoms. The first-order valence-electron chi connectivity index (χ1n) is 1.48. The highest BCUT2D eigenvalue weighted by Gasteiger charge is 1.91. The fraction of sp³-hybridized carbons (Fsp3) is 0. The van der Waals surface area contributed by atoms with Gasteiger partial charge < -0.3 is 0 Å². The van der Waals surface area contributed by atoms with Crippen molar-refractivity contribution in [2.24, 2.45) is 0 Å². The van der Waals surface area contributed by atoms with Crippen molar-refractivity contribution in [1.29, 1.82) is 0 Å². The predicted octanol–water partition coefficient (Wildman–Crippen LogP) is 2.36. The monoisotopic (exact) mass is 196 g/mol. The van der Waals surface area contributed by atoms with Crippen LogP contribution in [0, 0.1) is 6.20 Å². The highest BCUT2D eigenvalue weighted by atomic mass is 79.9. The summed E-state index contributed by atoms with van der Waals surface area (Å²) < 4.78 is 1.37. The Labute approximate surface area is 58.5 Å². The molecule has 0 bridgehead atoms. The Morgan fingerprint density at radius 1 is 1.86 bits per heavy atom. The summed E-state index contributed by atoms with van der Waals surface area (Å²) in [6.45, 7) is 0. The van der Waals surface area contributed by atoms with Crippen molar-refractivity contribution in [2.75, 3.05) is 0 Å². The summed E-state index contributed by atoms with van der Waals surface area (Å²) in [5.41, 5.74) is 0. The van der Waals surface area contributed by atoms with Crippen LogP contribution in [0.5, 0.6) is 0 Å². The third kappa shape index (κ3) is 1.40. The molecule has 37 valence electrons. The molecule has 0 aliphatic rings. The molecule has 1 heterocycles. The maximum atomic E-state index is 5.43. The van der Waals surface area contributed by atoms with Crippen molar-refractivity contribution in [3.8, 4) is 0 Å². The number of rotatable bonds is 0. The zero-order chi connectivity index (χ0) is 5.28. The van der Waals surface area contributed by atoms with E-state index in [4.69, 9.17) is 11.6 Å². The van der Waals surface area contributed by atoms with Crippen LogP contribution in [0.15, 0.2) is 3.92 Å². The predicted molar refractivity (Wildman–Crippen MR) is 33.7 cm³/mol. The van der Waals surface area contributed by atoms with Gasteiger partial charge in [0.25, 0.3) is 0 Å². The van der Waals surface area contributed by atoms with Crippen LogP contribution in [0.4, 0.5) is 0 Å². The number of nitrogens with zero attached hydrogens (tertiary/aromatic N) is 1. The fourth-order valence-electron chi connectivity index (χ4n) is 0.207. The minimum atomic E-state index is 0.590. The van der Waals surface area contributed by atoms with Gasteiger partial charge >= 0.3 is 0 Å². The quantitative estimate of drug-likeness (QED) is 0.622. The van der Waals surface area contributed by atoms with Crippen molar-refractivity contribution in [3.63, 3.8) is 0 Å². The molecule has 0 atom stereocenters. The summed E-state index contributed by atoms with van der Waals surface area (Å²) in [7, 11) is 0. The molecule has 0 aromatic carbocycles. The van der Waals surface area contributed by atoms with Crippen molar-refractivity contribution in [2.45, 2.75) is 0 Å². The minimum absolute atomic E-state index is 0.590. The third-order valence-corrected chi connectivity index (χ3v) is 1.91. The minimum Gasteiger partial charge on any atom is -0.226 e. The standard InChI is InChI=1S/C3BrClNS/c4-3-6-1-2(5)7-3. The van der Waals surface area contributed by atoms with Crippen molar-refractivity contribution in [3.05, 3.63) is 14.5 Å². The number of thiazole rings is 1. The van der Waals surface area contributed by atoms with Gasteiger partial charge in [0.2, 0.25) is 0 Å². The van der Waals surface area contributed by atoms with E-state index in [0.717, 1.165) is 3.92 Å². The summed E-state index contributed by atoms with van der Waals surface area (Å²) in [4.78, 5) is 3.69. The molecule has 0 amide bonds. The highest BCUT2D eigenvalue weighted by Crippen LogP contribution is 2.21. The molecule has 0 aliphatic carbocycles. The van der Waals surface area contributed by atoms with E-state index in [-0.39, 0.29) is 0 Å². The molecule has 1 aromatic heterocycles. The zero-order valence-corrected chi connectivity index (χ0v) is 6.27. The number of hydrogen-bond acceptors (Lipinski definition) is 2. The molecular weight excluding hydrogens is 197 g/mol. The lowest BCUT2D eigenvalue weighted by atomic mass is 11.0. The Bertz CT molecular complexity index is 147. The molecule has 1 nitrogen and oxygen atoms in total. The van der Waals surface area contributed by atoms with E-state index < -0.39 is 0 Å². The van der Waals surface area contributed by atoms with Crippen LogP contribution >= 0.6 is 38.9 Å². The average Bonchev–Trinajstić information content (AvgIpc) is 1.87. The lowest BCUT2D eigenvalue weighted by Crippen LogP contribution is -1.50. The van der Waals surface area contributed by atoms with E-state index in [9.17, 15) is 0 Å². The van der Waals surface area contributed by atoms with Gasteiger partial charge in [-0.25, -0.2) is 4.98 Å². The van der Waals surface area contributed by atoms with Gasteiger partial charge in [-0.05, 0) is 15.9 Å². The van der Waals surface area contributed by atoms with Crippen LogP contribution in [0.1, 0.15) is 0 Å². The Morgan fingerprint density at radius 3 is 2.71 bits per heavy atom. The maximum absolute atomic E-state index is 5.43. The third-order valence-electron chi connectivity index (χ3n) is 0.406. The van der Waals surface area contributed by atoms with Gasteiger partial charge in [-0.15, -0.1) is 0 Å². The summed E-state index contributed by atoms with van der Waals surface area (Å²) in [5, 5.41) is 0. The van der Waals surface area contributed by atoms with Crippen LogP contribution in [-0.2, 0) is 0 Å². The van der Waals surface area contributed by atoms with Crippen molar-refractivity contribution >= 4 is 38.9 Å². The van der Waals surface area contributed by atoms with Gasteiger partial charge in [-0.1, -0.05) is 22.9 Å². The fourth-order valence-corrected chi connectivity index (χ4v) is 1.65. The van der Waals surface area contributed by atoms with Crippen LogP contribution in [0.3, 0.4) is 0 Å². The van der Waals surface area contributed by atoms with Crippen LogP contribution in [0.25, 0.3) is 0 Å². The molecule has 0 N–H and O–H groups in total. The van der Waals surface area contributed by atoms with Crippen molar-refractivity contribution < 1.29 is 0 Å². The molecule has 1 aromatic rings. The SMILES string of the molecule is Clc1[c]nc(Br)s1. The Kier molecular flexibility index (Phi) is 1.67. The number of halogens is 2. The molecular formula is C3BrClNS. The Balaban J connectivity index is 3.04. The van der Waals surface area contributed by atoms with Crippen LogP contribution in [0.2, 0.25) is 4.34 Å². The van der Waals surface area contributed by atoms with Gasteiger partial charge in [-0.2, -0.15) is 0 Å². The second-order valence-corrected chi connectivity index (χ2v) is 3.73. The van der Waals surface area contributed by atoms with Gasteiger partial charge in [0, 0.05) is 0 Å². The average molecular weight is 197 g/mol. The van der Waals surface area contributed by atoms with E-state index >= 15 is 0 Å². The zero-order valence-electron chi connectivity index (χ0n) is 3.11. The van der Waals surface area contributed by atoms with E-state index in [0.29, 0.717) is 4.34 Å². The number of hydrogen-bond donors (Lipinski definition) is 0. The molecule has 0 saturated heterocycles. The summed E-state index contributed by atoms with van der Waals surface area (Å²) in [5.74, 6) is 0. The Hall–Kier alpha value is 0.400. The second-order valence-electron chi connectivity index (χ2n) is 0.852. The van der Waals surface area contributed by atoms with Gasteiger partial charge in [0.1, 0.15) is 10.5 Å². The van der Waals surface area contributed by atoms with Gasteiger partial charge in [0.15, 0.2) is 3.92 Å². The first-order valence-corrected chi connectivity index (χ1v) is 3.47. The molecule has 0 aliphatic heterocycles. The molecule has 0 saturated carbocycles. The summed E-state index contributed by atoms with van der Waals surface area (Å²) >= 11 is 9.91. The van der Waals surface area contributed by atoms with Crippen LogP contribution < -0.4 is 0 Å². The van der Waals surface area contributed by atoms with Gasteiger partial charge in [0.05, 0.1) is 0 Å². The molecule has 0 unspecified atom stereocenters. The van der Waals surface area contributed by atoms with E-state index in [1.165, 1.54) is 11.3 Å². The first-order chi connectivity index (χ1) is 3.29. The maximum Gasteiger partial charge on any atom is 0.161 e. The normalized spacial score (nSPS) is 9.43. The lowest BCUT2D eigenvalue weighted by Gasteiger charge is -1.64. The molecule has 0 fully saturated rings. The van der Waals surface area contributed by atoms with E-state index in [1.54, 1.807) is 0 Å². The molecule has 4 heteroatoms. The topological polar surface area (TPSA) is 12.9 Å². The second kappa shape index (κ2) is 2.11. The lowest BCUT2D eigenvalue weighted by molar-refractivity contribution is 1.36. The summed E-state index contributed by atoms with van der Waals surface area (Å²) in [6.07, 6.45) is 2.56. The number of aromatic nitrogens is 1. The first kappa shape index (κ1) is 5.54. The summed E-state index contributed by atoms with van der Waals surface area (Å²) in [6, 6.07) is 0. The van der Waals surface area contributed by atoms with E-state index in [2.05, 4.69) is 27.1 Å². The Morgan fingerprint density at radius 2 is 2.57 bits per heavy atom. The smallest absolute Gasteiger partial charge is 0.161 e. The van der Waals surface area contributed by atoms with Gasteiger partial charge in [-0.3, -0.25) is 0 Å². The van der Waals surface area contributed by atoms with E-state index in [1.807, 2.05) is 0 Å². The molecule has 1 radical (unpaired) electrons.